The molecule has 0 fully saturated rings. The van der Waals surface area contributed by atoms with Crippen molar-refractivity contribution in [2.45, 2.75) is 5.92 Å². The van der Waals surface area contributed by atoms with Crippen LogP contribution in [0.5, 0.6) is 5.75 Å². The highest BCUT2D eigenvalue weighted by molar-refractivity contribution is 5.59. The monoisotopic (exact) mass is 311 g/mol. The Morgan fingerprint density at radius 3 is 2.43 bits per heavy atom. The van der Waals surface area contributed by atoms with Crippen LogP contribution in [-0.2, 0) is 0 Å². The third-order valence-corrected chi connectivity index (χ3v) is 3.87. The van der Waals surface area contributed by atoms with Gasteiger partial charge in [0, 0.05) is 23.7 Å². The molecule has 1 aromatic heterocycles. The van der Waals surface area contributed by atoms with Crippen molar-refractivity contribution in [3.63, 3.8) is 0 Å². The maximum atomic E-state index is 13.0. The number of rotatable bonds is 5. The topological polar surface area (TPSA) is 63.9 Å². The number of H-pyrrole nitrogens is 1. The van der Waals surface area contributed by atoms with Crippen LogP contribution in [0.3, 0.4) is 0 Å². The Bertz CT molecular complexity index is 766. The zero-order valence-corrected chi connectivity index (χ0v) is 12.8. The van der Waals surface area contributed by atoms with E-state index in [1.807, 2.05) is 30.3 Å². The van der Waals surface area contributed by atoms with Crippen molar-refractivity contribution in [2.24, 2.45) is 5.73 Å². The molecule has 0 saturated carbocycles. The van der Waals surface area contributed by atoms with Gasteiger partial charge in [-0.05, 0) is 48.0 Å². The third-order valence-electron chi connectivity index (χ3n) is 3.87. The highest BCUT2D eigenvalue weighted by Crippen LogP contribution is 2.27. The standard InChI is InChI=1S/C18H18FN3O/c1-23-15-8-4-12(5-9-15)16(11-20)18-10-17(21-22-18)13-2-6-14(19)7-3-13/h2-10,16H,11,20H2,1H3,(H,21,22). The molecule has 0 spiro atoms. The van der Waals surface area contributed by atoms with E-state index in [1.54, 1.807) is 19.2 Å². The summed E-state index contributed by atoms with van der Waals surface area (Å²) in [6.07, 6.45) is 0. The Balaban J connectivity index is 1.88. The first-order valence-corrected chi connectivity index (χ1v) is 7.36. The molecule has 3 N–H and O–H groups in total. The van der Waals surface area contributed by atoms with Gasteiger partial charge in [-0.15, -0.1) is 0 Å². The second-order valence-corrected chi connectivity index (χ2v) is 5.28. The minimum Gasteiger partial charge on any atom is -0.497 e. The third kappa shape index (κ3) is 3.24. The van der Waals surface area contributed by atoms with Crippen LogP contribution in [0.2, 0.25) is 0 Å². The Morgan fingerprint density at radius 2 is 1.83 bits per heavy atom. The zero-order chi connectivity index (χ0) is 16.2. The number of hydrogen-bond acceptors (Lipinski definition) is 3. The molecule has 4 nitrogen and oxygen atoms in total. The Kier molecular flexibility index (Phi) is 4.39. The zero-order valence-electron chi connectivity index (χ0n) is 12.8. The lowest BCUT2D eigenvalue weighted by Gasteiger charge is -2.13. The van der Waals surface area contributed by atoms with E-state index in [0.29, 0.717) is 6.54 Å². The highest BCUT2D eigenvalue weighted by Gasteiger charge is 2.16. The quantitative estimate of drug-likeness (QED) is 0.760. The van der Waals surface area contributed by atoms with E-state index in [4.69, 9.17) is 10.5 Å². The van der Waals surface area contributed by atoms with Crippen molar-refractivity contribution >= 4 is 0 Å². The van der Waals surface area contributed by atoms with Crippen LogP contribution in [0, 0.1) is 5.82 Å². The molecular formula is C18H18FN3O. The molecule has 0 bridgehead atoms. The number of aromatic nitrogens is 2. The number of ether oxygens (including phenoxy) is 1. The van der Waals surface area contributed by atoms with Gasteiger partial charge in [0.05, 0.1) is 12.8 Å². The molecule has 3 rings (SSSR count). The first-order chi connectivity index (χ1) is 11.2. The van der Waals surface area contributed by atoms with Gasteiger partial charge in [0.2, 0.25) is 0 Å². The van der Waals surface area contributed by atoms with Gasteiger partial charge >= 0.3 is 0 Å². The second-order valence-electron chi connectivity index (χ2n) is 5.28. The van der Waals surface area contributed by atoms with Gasteiger partial charge in [-0.1, -0.05) is 12.1 Å². The summed E-state index contributed by atoms with van der Waals surface area (Å²) in [6.45, 7) is 0.456. The number of nitrogens with one attached hydrogen (secondary N) is 1. The SMILES string of the molecule is COc1ccc(C(CN)c2cc(-c3ccc(F)cc3)n[nH]2)cc1. The average Bonchev–Trinajstić information content (AvgIpc) is 3.06. The summed E-state index contributed by atoms with van der Waals surface area (Å²) in [6, 6.07) is 16.0. The summed E-state index contributed by atoms with van der Waals surface area (Å²) in [4.78, 5) is 0. The fraction of sp³-hybridized carbons (Fsp3) is 0.167. The molecule has 0 aliphatic rings. The van der Waals surface area contributed by atoms with Crippen LogP contribution in [-0.4, -0.2) is 23.9 Å². The van der Waals surface area contributed by atoms with Crippen molar-refractivity contribution < 1.29 is 9.13 Å². The van der Waals surface area contributed by atoms with Crippen molar-refractivity contribution in [3.8, 4) is 17.0 Å². The van der Waals surface area contributed by atoms with Gasteiger partial charge in [0.25, 0.3) is 0 Å². The lowest BCUT2D eigenvalue weighted by Crippen LogP contribution is -2.14. The molecule has 1 unspecified atom stereocenters. The van der Waals surface area contributed by atoms with Gasteiger partial charge in [0.15, 0.2) is 0 Å². The molecular weight excluding hydrogens is 293 g/mol. The number of halogens is 1. The summed E-state index contributed by atoms with van der Waals surface area (Å²) in [5.74, 6) is 0.561. The molecule has 2 aromatic carbocycles. The lowest BCUT2D eigenvalue weighted by atomic mass is 9.95. The van der Waals surface area contributed by atoms with E-state index in [0.717, 1.165) is 28.3 Å². The predicted molar refractivity (Wildman–Crippen MR) is 87.9 cm³/mol. The summed E-state index contributed by atoms with van der Waals surface area (Å²) < 4.78 is 18.2. The van der Waals surface area contributed by atoms with Gasteiger partial charge in [-0.2, -0.15) is 5.10 Å². The van der Waals surface area contributed by atoms with E-state index in [1.165, 1.54) is 12.1 Å². The van der Waals surface area contributed by atoms with Gasteiger partial charge < -0.3 is 10.5 Å². The van der Waals surface area contributed by atoms with Crippen LogP contribution in [0.1, 0.15) is 17.2 Å². The van der Waals surface area contributed by atoms with E-state index >= 15 is 0 Å². The summed E-state index contributed by atoms with van der Waals surface area (Å²) in [7, 11) is 1.64. The number of benzene rings is 2. The number of hydrogen-bond donors (Lipinski definition) is 2. The minimum atomic E-state index is -0.262. The van der Waals surface area contributed by atoms with Crippen molar-refractivity contribution in [3.05, 3.63) is 71.7 Å². The molecule has 0 aliphatic heterocycles. The van der Waals surface area contributed by atoms with Crippen molar-refractivity contribution in [1.82, 2.24) is 10.2 Å². The summed E-state index contributed by atoms with van der Waals surface area (Å²) >= 11 is 0. The predicted octanol–water partition coefficient (Wildman–Crippen LogP) is 3.32. The van der Waals surface area contributed by atoms with Crippen molar-refractivity contribution in [2.75, 3.05) is 13.7 Å². The van der Waals surface area contributed by atoms with E-state index in [2.05, 4.69) is 10.2 Å². The molecule has 118 valence electrons. The van der Waals surface area contributed by atoms with Crippen LogP contribution in [0.15, 0.2) is 54.6 Å². The van der Waals surface area contributed by atoms with E-state index < -0.39 is 0 Å². The fourth-order valence-corrected chi connectivity index (χ4v) is 2.56. The first kappa shape index (κ1) is 15.2. The van der Waals surface area contributed by atoms with E-state index in [-0.39, 0.29) is 11.7 Å². The Morgan fingerprint density at radius 1 is 1.13 bits per heavy atom. The van der Waals surface area contributed by atoms with Crippen LogP contribution < -0.4 is 10.5 Å². The first-order valence-electron chi connectivity index (χ1n) is 7.36. The second kappa shape index (κ2) is 6.62. The van der Waals surface area contributed by atoms with Crippen LogP contribution in [0.4, 0.5) is 4.39 Å². The lowest BCUT2D eigenvalue weighted by molar-refractivity contribution is 0.414. The molecule has 23 heavy (non-hydrogen) atoms. The number of nitrogens with two attached hydrogens (primary N) is 1. The highest BCUT2D eigenvalue weighted by atomic mass is 19.1. The van der Waals surface area contributed by atoms with Gasteiger partial charge in [-0.3, -0.25) is 5.10 Å². The van der Waals surface area contributed by atoms with Crippen molar-refractivity contribution in [1.29, 1.82) is 0 Å². The normalized spacial score (nSPS) is 12.1. The summed E-state index contributed by atoms with van der Waals surface area (Å²) in [5.41, 5.74) is 9.59. The number of methoxy groups -OCH3 is 1. The Labute approximate surface area is 134 Å². The fourth-order valence-electron chi connectivity index (χ4n) is 2.56. The molecule has 1 heterocycles. The Hall–Kier alpha value is -2.66. The molecule has 0 aliphatic carbocycles. The molecule has 0 saturated heterocycles. The van der Waals surface area contributed by atoms with Gasteiger partial charge in [-0.25, -0.2) is 4.39 Å². The van der Waals surface area contributed by atoms with Gasteiger partial charge in [0.1, 0.15) is 11.6 Å². The van der Waals surface area contributed by atoms with Crippen LogP contribution in [0.25, 0.3) is 11.3 Å². The largest absolute Gasteiger partial charge is 0.497 e. The molecule has 0 amide bonds. The van der Waals surface area contributed by atoms with Crippen LogP contribution >= 0.6 is 0 Å². The molecule has 0 radical (unpaired) electrons. The maximum absolute atomic E-state index is 13.0. The molecule has 5 heteroatoms. The summed E-state index contributed by atoms with van der Waals surface area (Å²) in [5, 5.41) is 7.36. The molecule has 3 aromatic rings. The molecule has 1 atom stereocenters. The average molecular weight is 311 g/mol. The smallest absolute Gasteiger partial charge is 0.123 e. The minimum absolute atomic E-state index is 0.0163. The number of aromatic amines is 1. The number of nitrogens with zero attached hydrogens (tertiary/aromatic N) is 1. The maximum Gasteiger partial charge on any atom is 0.123 e. The van der Waals surface area contributed by atoms with E-state index in [9.17, 15) is 4.39 Å².